The molecule has 2 aromatic rings. The summed E-state index contributed by atoms with van der Waals surface area (Å²) in [5, 5.41) is 2.79. The molecule has 1 amide bonds. The number of nitrogen functional groups attached to an aromatic ring is 1. The van der Waals surface area contributed by atoms with Gasteiger partial charge in [-0.2, -0.15) is 0 Å². The van der Waals surface area contributed by atoms with Crippen LogP contribution in [0.5, 0.6) is 0 Å². The molecule has 0 aliphatic carbocycles. The first kappa shape index (κ1) is 12.9. The number of nitrogens with two attached hydrogens (primary N) is 1. The van der Waals surface area contributed by atoms with E-state index in [-0.39, 0.29) is 11.5 Å². The van der Waals surface area contributed by atoms with Crippen molar-refractivity contribution in [1.82, 2.24) is 10.3 Å². The van der Waals surface area contributed by atoms with Crippen LogP contribution in [0.25, 0.3) is 0 Å². The Kier molecular flexibility index (Phi) is 3.66. The van der Waals surface area contributed by atoms with Crippen molar-refractivity contribution in [3.05, 3.63) is 63.6 Å². The molecule has 0 saturated carbocycles. The van der Waals surface area contributed by atoms with E-state index in [9.17, 15) is 9.59 Å². The van der Waals surface area contributed by atoms with E-state index in [0.717, 1.165) is 11.1 Å². The molecule has 1 aromatic heterocycles. The molecule has 1 heterocycles. The van der Waals surface area contributed by atoms with Crippen molar-refractivity contribution in [2.75, 3.05) is 5.73 Å². The summed E-state index contributed by atoms with van der Waals surface area (Å²) in [6.07, 6.45) is 1.39. The standard InChI is InChI=1S/C14H15N3O2/c1-9-10(3-2-4-12(9)15)7-17-14(19)11-5-6-13(18)16-8-11/h2-6,8H,7,15H2,1H3,(H,16,18)(H,17,19). The van der Waals surface area contributed by atoms with Gasteiger partial charge in [-0.1, -0.05) is 12.1 Å². The van der Waals surface area contributed by atoms with Crippen LogP contribution in [0.3, 0.4) is 0 Å². The van der Waals surface area contributed by atoms with Gasteiger partial charge in [0, 0.05) is 24.5 Å². The predicted molar refractivity (Wildman–Crippen MR) is 73.8 cm³/mol. The number of carbonyl (C=O) groups excluding carboxylic acids is 1. The van der Waals surface area contributed by atoms with Gasteiger partial charge in [0.05, 0.1) is 5.56 Å². The summed E-state index contributed by atoms with van der Waals surface area (Å²) in [6, 6.07) is 8.40. The molecular formula is C14H15N3O2. The number of rotatable bonds is 3. The maximum atomic E-state index is 11.9. The Morgan fingerprint density at radius 1 is 1.32 bits per heavy atom. The molecule has 0 fully saturated rings. The molecule has 5 nitrogen and oxygen atoms in total. The highest BCUT2D eigenvalue weighted by atomic mass is 16.1. The smallest absolute Gasteiger partial charge is 0.253 e. The molecular weight excluding hydrogens is 242 g/mol. The van der Waals surface area contributed by atoms with Gasteiger partial charge < -0.3 is 16.0 Å². The van der Waals surface area contributed by atoms with Crippen molar-refractivity contribution in [3.63, 3.8) is 0 Å². The number of hydrogen-bond donors (Lipinski definition) is 3. The number of nitrogens with one attached hydrogen (secondary N) is 2. The van der Waals surface area contributed by atoms with Gasteiger partial charge in [-0.05, 0) is 30.2 Å². The second-order valence-corrected chi connectivity index (χ2v) is 4.26. The first-order valence-electron chi connectivity index (χ1n) is 5.89. The SMILES string of the molecule is Cc1c(N)cccc1CNC(=O)c1ccc(=O)[nH]c1. The number of pyridine rings is 1. The molecule has 1 aromatic carbocycles. The minimum absolute atomic E-state index is 0.233. The lowest BCUT2D eigenvalue weighted by Gasteiger charge is -2.09. The third kappa shape index (κ3) is 3.01. The summed E-state index contributed by atoms with van der Waals surface area (Å²) in [7, 11) is 0. The van der Waals surface area contributed by atoms with E-state index in [4.69, 9.17) is 5.73 Å². The largest absolute Gasteiger partial charge is 0.399 e. The van der Waals surface area contributed by atoms with Gasteiger partial charge in [0.2, 0.25) is 5.56 Å². The molecule has 0 atom stereocenters. The van der Waals surface area contributed by atoms with Crippen LogP contribution in [0.15, 0.2) is 41.3 Å². The Bertz CT molecular complexity index is 641. The predicted octanol–water partition coefficient (Wildman–Crippen LogP) is 1.20. The fraction of sp³-hybridized carbons (Fsp3) is 0.143. The zero-order valence-corrected chi connectivity index (χ0v) is 10.6. The van der Waals surface area contributed by atoms with Gasteiger partial charge in [-0.3, -0.25) is 9.59 Å². The molecule has 0 aliphatic rings. The minimum Gasteiger partial charge on any atom is -0.399 e. The number of H-pyrrole nitrogens is 1. The lowest BCUT2D eigenvalue weighted by Crippen LogP contribution is -2.24. The van der Waals surface area contributed by atoms with Crippen LogP contribution in [-0.2, 0) is 6.54 Å². The molecule has 98 valence electrons. The monoisotopic (exact) mass is 257 g/mol. The van der Waals surface area contributed by atoms with Gasteiger partial charge in [0.25, 0.3) is 5.91 Å². The quantitative estimate of drug-likeness (QED) is 0.722. The van der Waals surface area contributed by atoms with E-state index in [1.54, 1.807) is 0 Å². The summed E-state index contributed by atoms with van der Waals surface area (Å²) < 4.78 is 0. The molecule has 0 bridgehead atoms. The van der Waals surface area contributed by atoms with E-state index in [0.29, 0.717) is 17.8 Å². The summed E-state index contributed by atoms with van der Waals surface area (Å²) in [5.41, 5.74) is 8.62. The fourth-order valence-electron chi connectivity index (χ4n) is 1.72. The maximum Gasteiger partial charge on any atom is 0.253 e. The topological polar surface area (TPSA) is 88.0 Å². The number of hydrogen-bond acceptors (Lipinski definition) is 3. The van der Waals surface area contributed by atoms with Crippen molar-refractivity contribution < 1.29 is 4.79 Å². The maximum absolute atomic E-state index is 11.9. The highest BCUT2D eigenvalue weighted by Crippen LogP contribution is 2.15. The fourth-order valence-corrected chi connectivity index (χ4v) is 1.72. The summed E-state index contributed by atoms with van der Waals surface area (Å²) in [6.45, 7) is 2.31. The second-order valence-electron chi connectivity index (χ2n) is 4.26. The number of aromatic nitrogens is 1. The third-order valence-corrected chi connectivity index (χ3v) is 2.97. The van der Waals surface area contributed by atoms with E-state index in [1.807, 2.05) is 25.1 Å². The Morgan fingerprint density at radius 3 is 2.79 bits per heavy atom. The van der Waals surface area contributed by atoms with Crippen LogP contribution < -0.4 is 16.6 Å². The van der Waals surface area contributed by atoms with Crippen molar-refractivity contribution in [2.45, 2.75) is 13.5 Å². The van der Waals surface area contributed by atoms with E-state index >= 15 is 0 Å². The van der Waals surface area contributed by atoms with Crippen LogP contribution in [-0.4, -0.2) is 10.9 Å². The number of anilines is 1. The first-order valence-corrected chi connectivity index (χ1v) is 5.89. The van der Waals surface area contributed by atoms with E-state index < -0.39 is 0 Å². The van der Waals surface area contributed by atoms with E-state index in [1.165, 1.54) is 18.3 Å². The van der Waals surface area contributed by atoms with Crippen molar-refractivity contribution >= 4 is 11.6 Å². The minimum atomic E-state index is -0.238. The molecule has 2 rings (SSSR count). The average molecular weight is 257 g/mol. The first-order chi connectivity index (χ1) is 9.08. The summed E-state index contributed by atoms with van der Waals surface area (Å²) >= 11 is 0. The molecule has 4 N–H and O–H groups in total. The van der Waals surface area contributed by atoms with Gasteiger partial charge in [-0.15, -0.1) is 0 Å². The highest BCUT2D eigenvalue weighted by Gasteiger charge is 2.06. The van der Waals surface area contributed by atoms with Crippen molar-refractivity contribution in [3.8, 4) is 0 Å². The Morgan fingerprint density at radius 2 is 2.11 bits per heavy atom. The van der Waals surface area contributed by atoms with Crippen LogP contribution >= 0.6 is 0 Å². The lowest BCUT2D eigenvalue weighted by atomic mass is 10.1. The van der Waals surface area contributed by atoms with Crippen molar-refractivity contribution in [1.29, 1.82) is 0 Å². The number of carbonyl (C=O) groups is 1. The zero-order valence-electron chi connectivity index (χ0n) is 10.6. The second kappa shape index (κ2) is 5.39. The zero-order chi connectivity index (χ0) is 13.8. The molecule has 0 aliphatic heterocycles. The normalized spacial score (nSPS) is 10.2. The van der Waals surface area contributed by atoms with Crippen LogP contribution in [0.4, 0.5) is 5.69 Å². The number of benzene rings is 1. The molecule has 19 heavy (non-hydrogen) atoms. The number of amides is 1. The van der Waals surface area contributed by atoms with Gasteiger partial charge in [-0.25, -0.2) is 0 Å². The number of aromatic amines is 1. The van der Waals surface area contributed by atoms with Crippen molar-refractivity contribution in [2.24, 2.45) is 0 Å². The Balaban J connectivity index is 2.06. The molecule has 0 unspecified atom stereocenters. The van der Waals surface area contributed by atoms with Crippen LogP contribution in [0, 0.1) is 6.92 Å². The van der Waals surface area contributed by atoms with Gasteiger partial charge >= 0.3 is 0 Å². The average Bonchev–Trinajstić information content (AvgIpc) is 2.41. The van der Waals surface area contributed by atoms with Crippen LogP contribution in [0.1, 0.15) is 21.5 Å². The molecule has 5 heteroatoms. The van der Waals surface area contributed by atoms with Gasteiger partial charge in [0.1, 0.15) is 0 Å². The summed E-state index contributed by atoms with van der Waals surface area (Å²) in [5.74, 6) is -0.238. The molecule has 0 saturated heterocycles. The third-order valence-electron chi connectivity index (χ3n) is 2.97. The molecule has 0 radical (unpaired) electrons. The lowest BCUT2D eigenvalue weighted by molar-refractivity contribution is 0.0950. The van der Waals surface area contributed by atoms with Gasteiger partial charge in [0.15, 0.2) is 0 Å². The van der Waals surface area contributed by atoms with Crippen LogP contribution in [0.2, 0.25) is 0 Å². The Hall–Kier alpha value is -2.56. The highest BCUT2D eigenvalue weighted by molar-refractivity contribution is 5.93. The molecule has 0 spiro atoms. The Labute approximate surface area is 110 Å². The summed E-state index contributed by atoms with van der Waals surface area (Å²) in [4.78, 5) is 25.2. The van der Waals surface area contributed by atoms with E-state index in [2.05, 4.69) is 10.3 Å².